The summed E-state index contributed by atoms with van der Waals surface area (Å²) in [5.74, 6) is -0.140. The van der Waals surface area contributed by atoms with Crippen molar-refractivity contribution in [2.45, 2.75) is 32.7 Å². The number of hydrogen-bond acceptors (Lipinski definition) is 6. The number of aromatic nitrogens is 4. The number of amides is 1. The quantitative estimate of drug-likeness (QED) is 0.629. The first-order valence-electron chi connectivity index (χ1n) is 10.4. The van der Waals surface area contributed by atoms with Gasteiger partial charge in [-0.15, -0.1) is 0 Å². The minimum atomic E-state index is -0.140. The van der Waals surface area contributed by atoms with Crippen molar-refractivity contribution in [3.05, 3.63) is 59.9 Å². The Morgan fingerprint density at radius 3 is 2.87 bits per heavy atom. The van der Waals surface area contributed by atoms with Crippen LogP contribution in [0.5, 0.6) is 0 Å². The Morgan fingerprint density at radius 1 is 1.23 bits per heavy atom. The molecule has 8 nitrogen and oxygen atoms in total. The van der Waals surface area contributed by atoms with Crippen LogP contribution in [0, 0.1) is 6.92 Å². The summed E-state index contributed by atoms with van der Waals surface area (Å²) >= 11 is 0. The van der Waals surface area contributed by atoms with Gasteiger partial charge in [-0.1, -0.05) is 0 Å². The van der Waals surface area contributed by atoms with Gasteiger partial charge in [-0.2, -0.15) is 5.10 Å². The summed E-state index contributed by atoms with van der Waals surface area (Å²) in [6.45, 7) is 5.46. The topological polar surface area (TPSA) is 94.0 Å². The first-order valence-corrected chi connectivity index (χ1v) is 10.4. The monoisotopic (exact) mass is 416 g/mol. The second-order valence-electron chi connectivity index (χ2n) is 7.94. The van der Waals surface area contributed by atoms with Crippen molar-refractivity contribution >= 4 is 22.9 Å². The van der Waals surface area contributed by atoms with Gasteiger partial charge in [0.1, 0.15) is 0 Å². The fourth-order valence-electron chi connectivity index (χ4n) is 4.15. The van der Waals surface area contributed by atoms with Crippen LogP contribution >= 0.6 is 0 Å². The average molecular weight is 416 g/mol. The Kier molecular flexibility index (Phi) is 4.99. The summed E-state index contributed by atoms with van der Waals surface area (Å²) in [7, 11) is 0. The molecule has 0 saturated carbocycles. The Morgan fingerprint density at radius 2 is 2.06 bits per heavy atom. The van der Waals surface area contributed by atoms with Gasteiger partial charge in [-0.05, 0) is 44.4 Å². The van der Waals surface area contributed by atoms with Gasteiger partial charge < -0.3 is 15.4 Å². The normalized spacial score (nSPS) is 17.9. The highest BCUT2D eigenvalue weighted by Crippen LogP contribution is 2.36. The lowest BCUT2D eigenvalue weighted by atomic mass is 10.0. The van der Waals surface area contributed by atoms with Crippen molar-refractivity contribution in [2.75, 3.05) is 23.8 Å². The molecule has 2 aliphatic heterocycles. The van der Waals surface area contributed by atoms with E-state index in [2.05, 4.69) is 25.7 Å². The average Bonchev–Trinajstić information content (AvgIpc) is 3.37. The molecule has 2 aliphatic rings. The van der Waals surface area contributed by atoms with Crippen molar-refractivity contribution in [3.8, 4) is 11.3 Å². The molecule has 1 fully saturated rings. The van der Waals surface area contributed by atoms with Crippen molar-refractivity contribution in [1.29, 1.82) is 0 Å². The molecule has 0 aromatic carbocycles. The number of carbonyl (C=O) groups is 1. The van der Waals surface area contributed by atoms with E-state index in [1.54, 1.807) is 24.8 Å². The van der Waals surface area contributed by atoms with E-state index in [9.17, 15) is 4.79 Å². The second kappa shape index (κ2) is 7.96. The Hall–Kier alpha value is -3.52. The highest BCUT2D eigenvalue weighted by atomic mass is 16.5. The number of ether oxygens (including phenoxy) is 1. The summed E-state index contributed by atoms with van der Waals surface area (Å²) in [5, 5.41) is 10.8. The van der Waals surface area contributed by atoms with E-state index in [1.807, 2.05) is 36.9 Å². The number of nitrogens with zero attached hydrogens (tertiary/aromatic N) is 4. The van der Waals surface area contributed by atoms with Gasteiger partial charge in [0.05, 0.1) is 41.1 Å². The number of fused-ring (bicyclic) bond motifs is 1. The van der Waals surface area contributed by atoms with Gasteiger partial charge in [0, 0.05) is 48.6 Å². The Balaban J connectivity index is 1.45. The van der Waals surface area contributed by atoms with Gasteiger partial charge in [0.2, 0.25) is 0 Å². The number of pyridine rings is 2. The van der Waals surface area contributed by atoms with Crippen LogP contribution in [-0.4, -0.2) is 38.9 Å². The highest BCUT2D eigenvalue weighted by molar-refractivity contribution is 6.32. The lowest BCUT2D eigenvalue weighted by molar-refractivity contribution is -0.110. The number of carbonyl (C=O) groups excluding carboxylic acids is 1. The number of nitrogens with one attached hydrogen (secondary N) is 2. The zero-order valence-corrected chi connectivity index (χ0v) is 17.6. The predicted octanol–water partition coefficient (Wildman–Crippen LogP) is 3.80. The number of hydrogen-bond donors (Lipinski definition) is 2. The third-order valence-electron chi connectivity index (χ3n) is 5.84. The molecule has 31 heavy (non-hydrogen) atoms. The molecule has 3 aromatic rings. The molecule has 1 saturated heterocycles. The summed E-state index contributed by atoms with van der Waals surface area (Å²) < 4.78 is 7.42. The van der Waals surface area contributed by atoms with E-state index >= 15 is 0 Å². The molecular weight excluding hydrogens is 392 g/mol. The smallest absolute Gasteiger partial charge is 0.258 e. The molecule has 0 spiro atoms. The van der Waals surface area contributed by atoms with Gasteiger partial charge in [-0.3, -0.25) is 19.4 Å². The molecule has 5 rings (SSSR count). The van der Waals surface area contributed by atoms with E-state index in [4.69, 9.17) is 4.74 Å². The van der Waals surface area contributed by atoms with Gasteiger partial charge >= 0.3 is 0 Å². The number of allylic oxidation sites excluding steroid dienone is 1. The zero-order chi connectivity index (χ0) is 21.4. The largest absolute Gasteiger partial charge is 0.381 e. The molecule has 1 amide bonds. The standard InChI is InChI=1S/C23H24N6O2/c1-14-3-6-24-11-19(14)20-9-18-21(12-25-20)28-23(30)22(18)15(2)27-16-10-26-29(13-16)17-4-7-31-8-5-17/h3,6,9-13,17,27H,4-5,7-8H2,1-2H3,(H,28,30)/b22-15-. The van der Waals surface area contributed by atoms with Crippen LogP contribution in [0.15, 0.2) is 48.8 Å². The number of aryl methyl sites for hydroxylation is 1. The lowest BCUT2D eigenvalue weighted by Crippen LogP contribution is -2.19. The van der Waals surface area contributed by atoms with Crippen LogP contribution in [0.1, 0.15) is 36.9 Å². The van der Waals surface area contributed by atoms with Crippen LogP contribution in [0.2, 0.25) is 0 Å². The van der Waals surface area contributed by atoms with Crippen molar-refractivity contribution in [1.82, 2.24) is 19.7 Å². The maximum Gasteiger partial charge on any atom is 0.258 e. The molecule has 8 heteroatoms. The molecule has 2 N–H and O–H groups in total. The molecule has 0 radical (unpaired) electrons. The molecule has 158 valence electrons. The number of anilines is 2. The molecule has 3 aromatic heterocycles. The molecule has 0 bridgehead atoms. The fourth-order valence-corrected chi connectivity index (χ4v) is 4.15. The minimum absolute atomic E-state index is 0.140. The molecule has 0 atom stereocenters. The summed E-state index contributed by atoms with van der Waals surface area (Å²) in [4.78, 5) is 21.5. The fraction of sp³-hybridized carbons (Fsp3) is 0.304. The first kappa shape index (κ1) is 19.4. The van der Waals surface area contributed by atoms with Gasteiger partial charge in [-0.25, -0.2) is 0 Å². The summed E-state index contributed by atoms with van der Waals surface area (Å²) in [6, 6.07) is 4.25. The van der Waals surface area contributed by atoms with E-state index in [-0.39, 0.29) is 5.91 Å². The second-order valence-corrected chi connectivity index (χ2v) is 7.94. The summed E-state index contributed by atoms with van der Waals surface area (Å²) in [6.07, 6.45) is 11.0. The third kappa shape index (κ3) is 3.70. The van der Waals surface area contributed by atoms with Crippen LogP contribution in [0.25, 0.3) is 16.8 Å². The van der Waals surface area contributed by atoms with Crippen LogP contribution in [-0.2, 0) is 9.53 Å². The predicted molar refractivity (Wildman–Crippen MR) is 118 cm³/mol. The van der Waals surface area contributed by atoms with E-state index in [0.717, 1.165) is 59.8 Å². The molecule has 5 heterocycles. The van der Waals surface area contributed by atoms with Gasteiger partial charge in [0.25, 0.3) is 5.91 Å². The van der Waals surface area contributed by atoms with Crippen LogP contribution in [0.4, 0.5) is 11.4 Å². The maximum atomic E-state index is 12.7. The van der Waals surface area contributed by atoms with E-state index in [0.29, 0.717) is 17.3 Å². The van der Waals surface area contributed by atoms with Crippen molar-refractivity contribution in [2.24, 2.45) is 0 Å². The SMILES string of the molecule is C/C(Nc1cnn(C2CCOCC2)c1)=C1/C(=O)Nc2cnc(-c3cnccc3C)cc21. The number of rotatable bonds is 4. The molecular formula is C23H24N6O2. The first-order chi connectivity index (χ1) is 15.1. The Bertz CT molecular complexity index is 1180. The van der Waals surface area contributed by atoms with Crippen LogP contribution < -0.4 is 10.6 Å². The minimum Gasteiger partial charge on any atom is -0.381 e. The van der Waals surface area contributed by atoms with E-state index in [1.165, 1.54) is 0 Å². The van der Waals surface area contributed by atoms with Crippen LogP contribution in [0.3, 0.4) is 0 Å². The van der Waals surface area contributed by atoms with Gasteiger partial charge in [0.15, 0.2) is 0 Å². The molecule has 0 unspecified atom stereocenters. The summed E-state index contributed by atoms with van der Waals surface area (Å²) in [5.41, 5.74) is 6.60. The Labute approximate surface area is 180 Å². The zero-order valence-electron chi connectivity index (χ0n) is 17.6. The van der Waals surface area contributed by atoms with Crippen molar-refractivity contribution < 1.29 is 9.53 Å². The lowest BCUT2D eigenvalue weighted by Gasteiger charge is -2.22. The van der Waals surface area contributed by atoms with Crippen molar-refractivity contribution in [3.63, 3.8) is 0 Å². The molecule has 0 aliphatic carbocycles. The highest BCUT2D eigenvalue weighted by Gasteiger charge is 2.28. The maximum absolute atomic E-state index is 12.7. The third-order valence-corrected chi connectivity index (χ3v) is 5.84. The van der Waals surface area contributed by atoms with E-state index < -0.39 is 0 Å².